The number of ketones is 1. The molecule has 1 heterocycles. The lowest BCUT2D eigenvalue weighted by atomic mass is 9.82. The number of aliphatic hydroxyl groups excluding tert-OH is 1. The number of hydrogen-bond acceptors (Lipinski definition) is 6. The van der Waals surface area contributed by atoms with E-state index in [1.165, 1.54) is 0 Å². The zero-order chi connectivity index (χ0) is 24.9. The van der Waals surface area contributed by atoms with Gasteiger partial charge in [0.05, 0.1) is 11.1 Å². The maximum absolute atomic E-state index is 13.6. The van der Waals surface area contributed by atoms with Crippen LogP contribution in [0.4, 0.5) is 0 Å². The number of benzene rings is 2. The van der Waals surface area contributed by atoms with Gasteiger partial charge < -0.3 is 15.3 Å². The van der Waals surface area contributed by atoms with Gasteiger partial charge in [-0.25, -0.2) is 4.79 Å². The minimum absolute atomic E-state index is 0.350. The van der Waals surface area contributed by atoms with Crippen LogP contribution in [-0.2, 0) is 16.2 Å². The average molecular weight is 467 g/mol. The van der Waals surface area contributed by atoms with E-state index in [2.05, 4.69) is 33.0 Å². The molecule has 3 atom stereocenters. The molecule has 1 saturated heterocycles. The molecular weight excluding hydrogens is 428 g/mol. The summed E-state index contributed by atoms with van der Waals surface area (Å²) in [5.74, 6) is -2.18. The topological polar surface area (TPSA) is 78.9 Å². The highest BCUT2D eigenvalue weighted by Gasteiger charge is 2.47. The molecule has 0 bridgehead atoms. The van der Waals surface area contributed by atoms with E-state index < -0.39 is 29.8 Å². The first-order valence-electron chi connectivity index (χ1n) is 12.1. The second kappa shape index (κ2) is 10.8. The van der Waals surface area contributed by atoms with Crippen molar-refractivity contribution in [1.29, 1.82) is 0 Å². The van der Waals surface area contributed by atoms with Crippen molar-refractivity contribution in [2.24, 2.45) is 5.92 Å². The number of hydrogen-bond donors (Lipinski definition) is 2. The second-order valence-electron chi connectivity index (χ2n) is 10.5. The summed E-state index contributed by atoms with van der Waals surface area (Å²) in [7, 11) is 0. The van der Waals surface area contributed by atoms with E-state index in [1.807, 2.05) is 37.3 Å². The molecule has 6 nitrogen and oxygen atoms in total. The van der Waals surface area contributed by atoms with E-state index in [9.17, 15) is 14.7 Å². The molecule has 184 valence electrons. The van der Waals surface area contributed by atoms with Crippen molar-refractivity contribution in [3.05, 3.63) is 71.8 Å². The zero-order valence-electron chi connectivity index (χ0n) is 21.0. The fourth-order valence-corrected chi connectivity index (χ4v) is 4.92. The number of piperidine rings is 1. The number of rotatable bonds is 9. The van der Waals surface area contributed by atoms with Gasteiger partial charge in [0.25, 0.3) is 0 Å². The number of carbonyl (C=O) groups excluding carboxylic acids is 2. The summed E-state index contributed by atoms with van der Waals surface area (Å²) < 4.78 is 0. The molecule has 0 spiro atoms. The Hall–Kier alpha value is -2.54. The predicted octanol–water partition coefficient (Wildman–Crippen LogP) is 4.53. The molecule has 6 heteroatoms. The molecule has 0 aromatic heterocycles. The molecular formula is C28H38N2O4. The summed E-state index contributed by atoms with van der Waals surface area (Å²) >= 11 is 0. The van der Waals surface area contributed by atoms with Crippen molar-refractivity contribution < 1.29 is 19.5 Å². The number of hydroxylamine groups is 2. The predicted molar refractivity (Wildman–Crippen MR) is 133 cm³/mol. The minimum atomic E-state index is -1.54. The van der Waals surface area contributed by atoms with Crippen LogP contribution < -0.4 is 5.32 Å². The Balaban J connectivity index is 1.85. The fourth-order valence-electron chi connectivity index (χ4n) is 4.92. The molecule has 0 radical (unpaired) electrons. The number of aliphatic hydroxyl groups is 1. The van der Waals surface area contributed by atoms with Gasteiger partial charge in [0.2, 0.25) is 0 Å². The Morgan fingerprint density at radius 2 is 1.50 bits per heavy atom. The van der Waals surface area contributed by atoms with Crippen LogP contribution in [0.3, 0.4) is 0 Å². The standard InChI is InChI=1S/C28H38N2O4/c1-20(29-19-21-13-8-6-9-14-21)23(25(32)24(31)22-15-10-7-11-16-22)26(33)34-30-27(2,3)17-12-18-28(30,4)5/h6-11,13-16,20,23,25,29,32H,12,17-19H2,1-5H3/t20?,23-,25?/m0/s1. The molecule has 0 saturated carbocycles. The Morgan fingerprint density at radius 1 is 0.971 bits per heavy atom. The lowest BCUT2D eigenvalue weighted by Crippen LogP contribution is -2.60. The highest BCUT2D eigenvalue weighted by atomic mass is 16.7. The fraction of sp³-hybridized carbons (Fsp3) is 0.500. The Bertz CT molecular complexity index is 943. The van der Waals surface area contributed by atoms with Crippen LogP contribution in [-0.4, -0.2) is 45.1 Å². The van der Waals surface area contributed by atoms with Crippen LogP contribution in [0.25, 0.3) is 0 Å². The van der Waals surface area contributed by atoms with Crippen LogP contribution in [0.15, 0.2) is 60.7 Å². The van der Waals surface area contributed by atoms with Crippen LogP contribution >= 0.6 is 0 Å². The third-order valence-electron chi connectivity index (χ3n) is 6.81. The summed E-state index contributed by atoms with van der Waals surface area (Å²) in [6, 6.07) is 17.9. The second-order valence-corrected chi connectivity index (χ2v) is 10.5. The highest BCUT2D eigenvalue weighted by Crippen LogP contribution is 2.39. The third kappa shape index (κ3) is 6.12. The number of nitrogens with one attached hydrogen (secondary N) is 1. The van der Waals surface area contributed by atoms with E-state index in [4.69, 9.17) is 4.84 Å². The van der Waals surface area contributed by atoms with Crippen molar-refractivity contribution in [3.8, 4) is 0 Å². The summed E-state index contributed by atoms with van der Waals surface area (Å²) in [4.78, 5) is 32.7. The smallest absolute Gasteiger partial charge is 0.332 e. The SMILES string of the molecule is CC(NCc1ccccc1)[C@H](C(=O)ON1C(C)(C)CCCC1(C)C)C(O)C(=O)c1ccccc1. The summed E-state index contributed by atoms with van der Waals surface area (Å²) in [5.41, 5.74) is 0.707. The molecule has 1 aliphatic rings. The normalized spacial score (nSPS) is 20.2. The van der Waals surface area contributed by atoms with Gasteiger partial charge in [-0.2, -0.15) is 0 Å². The first-order valence-corrected chi connectivity index (χ1v) is 12.1. The van der Waals surface area contributed by atoms with E-state index in [1.54, 1.807) is 35.4 Å². The Kier molecular flexibility index (Phi) is 8.29. The maximum Gasteiger partial charge on any atom is 0.332 e. The first-order chi connectivity index (χ1) is 16.0. The summed E-state index contributed by atoms with van der Waals surface area (Å²) in [6.45, 7) is 10.5. The monoisotopic (exact) mass is 466 g/mol. The van der Waals surface area contributed by atoms with Gasteiger partial charge >= 0.3 is 5.97 Å². The third-order valence-corrected chi connectivity index (χ3v) is 6.81. The van der Waals surface area contributed by atoms with Gasteiger partial charge in [-0.1, -0.05) is 60.7 Å². The minimum Gasteiger partial charge on any atom is -0.384 e. The molecule has 2 aromatic carbocycles. The van der Waals surface area contributed by atoms with Gasteiger partial charge in [0.1, 0.15) is 12.0 Å². The average Bonchev–Trinajstić information content (AvgIpc) is 2.80. The lowest BCUT2D eigenvalue weighted by molar-refractivity contribution is -0.270. The van der Waals surface area contributed by atoms with Crippen LogP contribution in [0.1, 0.15) is 69.8 Å². The molecule has 2 aromatic rings. The molecule has 3 rings (SSSR count). The molecule has 2 N–H and O–H groups in total. The Morgan fingerprint density at radius 3 is 2.06 bits per heavy atom. The summed E-state index contributed by atoms with van der Waals surface area (Å²) in [5, 5.41) is 16.2. The van der Waals surface area contributed by atoms with Gasteiger partial charge in [0, 0.05) is 18.2 Å². The summed E-state index contributed by atoms with van der Waals surface area (Å²) in [6.07, 6.45) is 1.29. The molecule has 2 unspecified atom stereocenters. The molecule has 1 aliphatic heterocycles. The maximum atomic E-state index is 13.6. The first kappa shape index (κ1) is 26.1. The molecule has 0 aliphatic carbocycles. The lowest BCUT2D eigenvalue weighted by Gasteiger charge is -2.50. The van der Waals surface area contributed by atoms with Crippen LogP contribution in [0, 0.1) is 5.92 Å². The Labute approximate surface area is 203 Å². The quantitative estimate of drug-likeness (QED) is 0.529. The van der Waals surface area contributed by atoms with Gasteiger partial charge in [-0.15, -0.1) is 5.06 Å². The number of nitrogens with zero attached hydrogens (tertiary/aromatic N) is 1. The van der Waals surface area contributed by atoms with Gasteiger partial charge in [-0.3, -0.25) is 4.79 Å². The molecule has 1 fully saturated rings. The van der Waals surface area contributed by atoms with E-state index in [-0.39, 0.29) is 11.1 Å². The molecule has 0 amide bonds. The van der Waals surface area contributed by atoms with E-state index >= 15 is 0 Å². The number of carbonyl (C=O) groups is 2. The highest BCUT2D eigenvalue weighted by molar-refractivity contribution is 6.01. The van der Waals surface area contributed by atoms with E-state index in [0.29, 0.717) is 12.1 Å². The van der Waals surface area contributed by atoms with Crippen molar-refractivity contribution in [1.82, 2.24) is 10.4 Å². The van der Waals surface area contributed by atoms with Crippen molar-refractivity contribution in [3.63, 3.8) is 0 Å². The van der Waals surface area contributed by atoms with Crippen LogP contribution in [0.2, 0.25) is 0 Å². The van der Waals surface area contributed by atoms with Crippen LogP contribution in [0.5, 0.6) is 0 Å². The van der Waals surface area contributed by atoms with Gasteiger partial charge in [-0.05, 0) is 59.4 Å². The van der Waals surface area contributed by atoms with Crippen molar-refractivity contribution >= 4 is 11.8 Å². The zero-order valence-corrected chi connectivity index (χ0v) is 21.0. The number of Topliss-reactive ketones (excluding diaryl/α,β-unsaturated/α-hetero) is 1. The van der Waals surface area contributed by atoms with Crippen molar-refractivity contribution in [2.45, 2.75) is 83.6 Å². The van der Waals surface area contributed by atoms with E-state index in [0.717, 1.165) is 24.8 Å². The van der Waals surface area contributed by atoms with Crippen molar-refractivity contribution in [2.75, 3.05) is 0 Å². The van der Waals surface area contributed by atoms with Gasteiger partial charge in [0.15, 0.2) is 5.78 Å². The molecule has 34 heavy (non-hydrogen) atoms. The largest absolute Gasteiger partial charge is 0.384 e.